The Morgan fingerprint density at radius 2 is 1.97 bits per heavy atom. The highest BCUT2D eigenvalue weighted by molar-refractivity contribution is 5.99. The van der Waals surface area contributed by atoms with Crippen LogP contribution in [0.3, 0.4) is 0 Å². The summed E-state index contributed by atoms with van der Waals surface area (Å²) in [5.74, 6) is -0.309. The molecule has 4 heterocycles. The second-order valence-corrected chi connectivity index (χ2v) is 8.40. The first kappa shape index (κ1) is 23.4. The number of rotatable bonds is 8. The Bertz CT molecular complexity index is 1620. The highest BCUT2D eigenvalue weighted by atomic mass is 19.1. The second kappa shape index (κ2) is 10.1. The first-order chi connectivity index (χ1) is 17.6. The van der Waals surface area contributed by atoms with E-state index in [9.17, 15) is 4.39 Å². The zero-order valence-corrected chi connectivity index (χ0v) is 20.3. The van der Waals surface area contributed by atoms with Gasteiger partial charge in [0.25, 0.3) is 0 Å². The quantitative estimate of drug-likeness (QED) is 0.224. The molecule has 0 unspecified atom stereocenters. The number of hydrogen-bond acceptors (Lipinski definition) is 4. The lowest BCUT2D eigenvalue weighted by Crippen LogP contribution is -2.15. The van der Waals surface area contributed by atoms with Gasteiger partial charge in [0.05, 0.1) is 22.6 Å². The molecule has 0 aliphatic carbocycles. The van der Waals surface area contributed by atoms with Crippen molar-refractivity contribution in [3.8, 4) is 22.6 Å². The lowest BCUT2D eigenvalue weighted by atomic mass is 10.1. The topological polar surface area (TPSA) is 82.3 Å². The number of benzene rings is 1. The standard InChI is InChI=1S/C29H27FN6/c1-4-18(17-31-6-3)15-19(5-2)23-11-12-25-28(34-23)29(36-35-25)26-16-21-24(33-26)13-14-32-27(21)20-9-7-8-10-22(20)30/h4-5,7-16,31,33H,1,6,17H2,2-3H3,(H,35,36)/b18-15+,19-5+. The fourth-order valence-corrected chi connectivity index (χ4v) is 4.25. The van der Waals surface area contributed by atoms with Crippen LogP contribution in [0, 0.1) is 5.82 Å². The Balaban J connectivity index is 1.59. The number of aromatic amines is 2. The van der Waals surface area contributed by atoms with Crippen molar-refractivity contribution in [1.82, 2.24) is 30.5 Å². The number of pyridine rings is 2. The molecule has 5 rings (SSSR count). The summed E-state index contributed by atoms with van der Waals surface area (Å²) in [5.41, 5.74) is 7.87. The van der Waals surface area contributed by atoms with Gasteiger partial charge >= 0.3 is 0 Å². The van der Waals surface area contributed by atoms with Gasteiger partial charge in [-0.2, -0.15) is 5.10 Å². The smallest absolute Gasteiger partial charge is 0.135 e. The Morgan fingerprint density at radius 1 is 1.11 bits per heavy atom. The molecule has 4 aromatic heterocycles. The first-order valence-electron chi connectivity index (χ1n) is 11.9. The third-order valence-electron chi connectivity index (χ3n) is 6.13. The summed E-state index contributed by atoms with van der Waals surface area (Å²) in [6, 6.07) is 14.5. The van der Waals surface area contributed by atoms with E-state index in [0.717, 1.165) is 57.6 Å². The van der Waals surface area contributed by atoms with E-state index in [4.69, 9.17) is 4.98 Å². The lowest BCUT2D eigenvalue weighted by molar-refractivity contribution is 0.631. The van der Waals surface area contributed by atoms with Gasteiger partial charge in [0.2, 0.25) is 0 Å². The maximum atomic E-state index is 14.5. The van der Waals surface area contributed by atoms with Crippen LogP contribution < -0.4 is 5.32 Å². The summed E-state index contributed by atoms with van der Waals surface area (Å²) in [5, 5.41) is 11.8. The Morgan fingerprint density at radius 3 is 2.75 bits per heavy atom. The molecule has 0 spiro atoms. The van der Waals surface area contributed by atoms with E-state index in [1.165, 1.54) is 6.07 Å². The zero-order chi connectivity index (χ0) is 25.1. The summed E-state index contributed by atoms with van der Waals surface area (Å²) in [4.78, 5) is 12.8. The van der Waals surface area contributed by atoms with Crippen molar-refractivity contribution in [2.75, 3.05) is 13.1 Å². The number of H-pyrrole nitrogens is 2. The zero-order valence-electron chi connectivity index (χ0n) is 20.3. The predicted molar refractivity (Wildman–Crippen MR) is 145 cm³/mol. The molecule has 5 aromatic rings. The fraction of sp³-hybridized carbons (Fsp3) is 0.138. The molecule has 0 bridgehead atoms. The number of aromatic nitrogens is 5. The van der Waals surface area contributed by atoms with Crippen LogP contribution >= 0.6 is 0 Å². The minimum atomic E-state index is -0.309. The summed E-state index contributed by atoms with van der Waals surface area (Å²) in [6.45, 7) is 9.64. The van der Waals surface area contributed by atoms with Crippen LogP contribution in [0.15, 0.2) is 85.1 Å². The SMILES string of the molecule is C=C/C(=C\C(=C/C)c1ccc2[nH]nc(-c3cc4c(-c5ccccc5F)nccc4[nH]3)c2n1)CNCC. The molecular weight excluding hydrogens is 451 g/mol. The van der Waals surface area contributed by atoms with Crippen LogP contribution in [-0.4, -0.2) is 38.2 Å². The van der Waals surface area contributed by atoms with Gasteiger partial charge < -0.3 is 10.3 Å². The highest BCUT2D eigenvalue weighted by Crippen LogP contribution is 2.33. The predicted octanol–water partition coefficient (Wildman–Crippen LogP) is 6.43. The number of halogens is 1. The van der Waals surface area contributed by atoms with Gasteiger partial charge in [-0.25, -0.2) is 9.37 Å². The third kappa shape index (κ3) is 4.36. The van der Waals surface area contributed by atoms with Crippen molar-refractivity contribution < 1.29 is 4.39 Å². The number of allylic oxidation sites excluding steroid dienone is 3. The largest absolute Gasteiger partial charge is 0.353 e. The molecule has 0 atom stereocenters. The average molecular weight is 479 g/mol. The van der Waals surface area contributed by atoms with E-state index in [0.29, 0.717) is 17.0 Å². The van der Waals surface area contributed by atoms with Crippen LogP contribution in [0.4, 0.5) is 4.39 Å². The molecule has 1 aromatic carbocycles. The minimum absolute atomic E-state index is 0.309. The van der Waals surface area contributed by atoms with Crippen LogP contribution in [0.5, 0.6) is 0 Å². The van der Waals surface area contributed by atoms with E-state index < -0.39 is 0 Å². The lowest BCUT2D eigenvalue weighted by Gasteiger charge is -2.06. The number of nitrogens with zero attached hydrogens (tertiary/aromatic N) is 3. The third-order valence-corrected chi connectivity index (χ3v) is 6.13. The van der Waals surface area contributed by atoms with Crippen LogP contribution in [-0.2, 0) is 0 Å². The summed E-state index contributed by atoms with van der Waals surface area (Å²) >= 11 is 0. The van der Waals surface area contributed by atoms with Gasteiger partial charge in [-0.1, -0.05) is 37.8 Å². The van der Waals surface area contributed by atoms with Crippen molar-refractivity contribution in [1.29, 1.82) is 0 Å². The van der Waals surface area contributed by atoms with Gasteiger partial charge in [-0.15, -0.1) is 0 Å². The van der Waals surface area contributed by atoms with E-state index in [1.54, 1.807) is 18.3 Å². The number of nitrogens with one attached hydrogen (secondary N) is 3. The Hall–Kier alpha value is -4.36. The summed E-state index contributed by atoms with van der Waals surface area (Å²) in [6.07, 6.45) is 7.68. The van der Waals surface area contributed by atoms with Crippen molar-refractivity contribution in [2.45, 2.75) is 13.8 Å². The Labute approximate surface area is 208 Å². The van der Waals surface area contributed by atoms with Gasteiger partial charge in [-0.3, -0.25) is 10.1 Å². The van der Waals surface area contributed by atoms with Gasteiger partial charge in [-0.05, 0) is 67.1 Å². The molecule has 6 nitrogen and oxygen atoms in total. The number of likely N-dealkylation sites (N-methyl/N-ethyl adjacent to an activating group) is 1. The normalized spacial score (nSPS) is 12.5. The average Bonchev–Trinajstić information content (AvgIpc) is 3.53. The van der Waals surface area contributed by atoms with E-state index in [-0.39, 0.29) is 5.82 Å². The number of fused-ring (bicyclic) bond motifs is 2. The van der Waals surface area contributed by atoms with Crippen LogP contribution in [0.2, 0.25) is 0 Å². The van der Waals surface area contributed by atoms with Crippen molar-refractivity contribution in [2.24, 2.45) is 0 Å². The maximum absolute atomic E-state index is 14.5. The number of hydrogen-bond donors (Lipinski definition) is 3. The van der Waals surface area contributed by atoms with Crippen molar-refractivity contribution >= 4 is 27.5 Å². The molecule has 0 saturated heterocycles. The van der Waals surface area contributed by atoms with E-state index in [2.05, 4.69) is 45.1 Å². The van der Waals surface area contributed by atoms with Crippen LogP contribution in [0.1, 0.15) is 19.5 Å². The molecule has 3 N–H and O–H groups in total. The van der Waals surface area contributed by atoms with Crippen molar-refractivity contribution in [3.63, 3.8) is 0 Å². The molecule has 0 aliphatic rings. The Kier molecular flexibility index (Phi) is 6.56. The second-order valence-electron chi connectivity index (χ2n) is 8.40. The molecule has 180 valence electrons. The maximum Gasteiger partial charge on any atom is 0.135 e. The van der Waals surface area contributed by atoms with E-state index >= 15 is 0 Å². The first-order valence-corrected chi connectivity index (χ1v) is 11.9. The molecule has 0 radical (unpaired) electrons. The monoisotopic (exact) mass is 478 g/mol. The molecular formula is C29H27FN6. The fourth-order valence-electron chi connectivity index (χ4n) is 4.25. The molecule has 7 heteroatoms. The van der Waals surface area contributed by atoms with Gasteiger partial charge in [0.1, 0.15) is 17.0 Å². The van der Waals surface area contributed by atoms with Crippen LogP contribution in [0.25, 0.3) is 50.2 Å². The van der Waals surface area contributed by atoms with Gasteiger partial charge in [0, 0.05) is 29.2 Å². The highest BCUT2D eigenvalue weighted by Gasteiger charge is 2.17. The molecule has 0 saturated carbocycles. The molecule has 0 amide bonds. The summed E-state index contributed by atoms with van der Waals surface area (Å²) in [7, 11) is 0. The van der Waals surface area contributed by atoms with Crippen molar-refractivity contribution in [3.05, 3.63) is 96.6 Å². The molecule has 36 heavy (non-hydrogen) atoms. The molecule has 0 aliphatic heterocycles. The van der Waals surface area contributed by atoms with Gasteiger partial charge in [0.15, 0.2) is 0 Å². The summed E-state index contributed by atoms with van der Waals surface area (Å²) < 4.78 is 14.5. The van der Waals surface area contributed by atoms with E-state index in [1.807, 2.05) is 49.4 Å². The molecule has 0 fully saturated rings. The minimum Gasteiger partial charge on any atom is -0.353 e.